The van der Waals surface area contributed by atoms with E-state index >= 15 is 0 Å². The molecule has 2 amide bonds. The molecule has 2 bridgehead atoms. The van der Waals surface area contributed by atoms with Crippen LogP contribution in [0.1, 0.15) is 39.0 Å². The molecule has 0 unspecified atom stereocenters. The summed E-state index contributed by atoms with van der Waals surface area (Å²) in [4.78, 5) is 52.1. The maximum absolute atomic E-state index is 13.1. The van der Waals surface area contributed by atoms with Gasteiger partial charge in [-0.2, -0.15) is 0 Å². The monoisotopic (exact) mass is 416 g/mol. The Morgan fingerprint density at radius 3 is 2.61 bits per heavy atom. The number of carbonyl (C=O) groups is 2. The van der Waals surface area contributed by atoms with Crippen molar-refractivity contribution in [3.63, 3.8) is 0 Å². The lowest BCUT2D eigenvalue weighted by Crippen LogP contribution is -2.49. The highest BCUT2D eigenvalue weighted by atomic mass is 16.2. The molecule has 3 aromatic heterocycles. The van der Waals surface area contributed by atoms with E-state index in [0.29, 0.717) is 25.3 Å². The summed E-state index contributed by atoms with van der Waals surface area (Å²) in [7, 11) is 0. The van der Waals surface area contributed by atoms with Crippen molar-refractivity contribution in [1.29, 1.82) is 0 Å². The number of nitrogens with one attached hydrogen (secondary N) is 1. The Labute approximate surface area is 177 Å². The predicted octanol–water partition coefficient (Wildman–Crippen LogP) is 1.55. The minimum atomic E-state index is -0.478. The van der Waals surface area contributed by atoms with E-state index in [9.17, 15) is 14.4 Å². The number of nitrogens with zero attached hydrogens (tertiary/aromatic N) is 5. The summed E-state index contributed by atoms with van der Waals surface area (Å²) in [6.07, 6.45) is 6.79. The molecule has 5 rings (SSSR count). The Morgan fingerprint density at radius 1 is 0.968 bits per heavy atom. The molecule has 9 heteroatoms. The molecule has 1 N–H and O–H groups in total. The van der Waals surface area contributed by atoms with Crippen LogP contribution in [0.15, 0.2) is 59.9 Å². The fourth-order valence-corrected chi connectivity index (χ4v) is 4.46. The van der Waals surface area contributed by atoms with Crippen LogP contribution in [0, 0.1) is 5.92 Å². The van der Waals surface area contributed by atoms with Crippen LogP contribution in [0.4, 0.5) is 5.69 Å². The van der Waals surface area contributed by atoms with Crippen molar-refractivity contribution in [1.82, 2.24) is 24.4 Å². The second-order valence-electron chi connectivity index (χ2n) is 7.86. The van der Waals surface area contributed by atoms with Gasteiger partial charge in [-0.3, -0.25) is 24.4 Å². The Kier molecular flexibility index (Phi) is 4.78. The van der Waals surface area contributed by atoms with E-state index in [0.717, 1.165) is 12.1 Å². The average molecular weight is 416 g/mol. The van der Waals surface area contributed by atoms with Crippen molar-refractivity contribution in [2.75, 3.05) is 18.4 Å². The number of hydrogen-bond acceptors (Lipinski definition) is 6. The van der Waals surface area contributed by atoms with Crippen LogP contribution in [0.3, 0.4) is 0 Å². The van der Waals surface area contributed by atoms with E-state index in [1.54, 1.807) is 35.0 Å². The molecule has 1 saturated heterocycles. The van der Waals surface area contributed by atoms with Gasteiger partial charge in [-0.1, -0.05) is 6.07 Å². The highest BCUT2D eigenvalue weighted by molar-refractivity contribution is 6.02. The lowest BCUT2D eigenvalue weighted by atomic mass is 9.83. The van der Waals surface area contributed by atoms with Gasteiger partial charge < -0.3 is 14.8 Å². The molecular formula is C22H20N6O3. The Hall–Kier alpha value is -3.88. The maximum atomic E-state index is 13.1. The second kappa shape index (κ2) is 7.75. The predicted molar refractivity (Wildman–Crippen MR) is 112 cm³/mol. The Morgan fingerprint density at radius 2 is 1.84 bits per heavy atom. The number of piperidine rings is 1. The van der Waals surface area contributed by atoms with Crippen molar-refractivity contribution in [2.24, 2.45) is 5.92 Å². The van der Waals surface area contributed by atoms with Gasteiger partial charge in [-0.15, -0.1) is 0 Å². The fourth-order valence-electron chi connectivity index (χ4n) is 4.46. The zero-order valence-corrected chi connectivity index (χ0v) is 16.6. The van der Waals surface area contributed by atoms with Gasteiger partial charge in [0.1, 0.15) is 17.1 Å². The number of carbonyl (C=O) groups excluding carboxylic acids is 2. The second-order valence-corrected chi connectivity index (χ2v) is 7.86. The number of rotatable bonds is 3. The van der Waals surface area contributed by atoms with E-state index in [-0.39, 0.29) is 34.7 Å². The van der Waals surface area contributed by atoms with Crippen molar-refractivity contribution < 1.29 is 9.59 Å². The van der Waals surface area contributed by atoms with Gasteiger partial charge in [-0.25, -0.2) is 4.98 Å². The first kappa shape index (κ1) is 19.1. The molecule has 5 heterocycles. The van der Waals surface area contributed by atoms with Crippen molar-refractivity contribution in [3.8, 4) is 0 Å². The molecule has 0 aromatic carbocycles. The number of amides is 2. The molecule has 2 aliphatic heterocycles. The summed E-state index contributed by atoms with van der Waals surface area (Å²) in [5.74, 6) is -0.326. The number of aromatic nitrogens is 4. The van der Waals surface area contributed by atoms with Crippen LogP contribution in [-0.2, 0) is 6.54 Å². The molecule has 0 spiro atoms. The molecule has 2 atom stereocenters. The molecule has 1 fully saturated rings. The van der Waals surface area contributed by atoms with Crippen LogP contribution < -0.4 is 10.9 Å². The van der Waals surface area contributed by atoms with Gasteiger partial charge in [0, 0.05) is 49.8 Å². The Balaban J connectivity index is 1.39. The largest absolute Gasteiger partial charge is 0.336 e. The molecule has 0 aliphatic carbocycles. The zero-order valence-electron chi connectivity index (χ0n) is 16.6. The first-order valence-corrected chi connectivity index (χ1v) is 10.1. The van der Waals surface area contributed by atoms with E-state index in [1.807, 2.05) is 11.0 Å². The number of hydrogen-bond donors (Lipinski definition) is 1. The lowest BCUT2D eigenvalue weighted by molar-refractivity contribution is 0.0588. The summed E-state index contributed by atoms with van der Waals surface area (Å²) < 4.78 is 1.73. The third-order valence-electron chi connectivity index (χ3n) is 5.82. The minimum Gasteiger partial charge on any atom is -0.336 e. The topological polar surface area (TPSA) is 110 Å². The van der Waals surface area contributed by atoms with E-state index in [1.165, 1.54) is 18.6 Å². The Bertz CT molecular complexity index is 1190. The van der Waals surface area contributed by atoms with E-state index < -0.39 is 5.91 Å². The number of pyridine rings is 2. The normalized spacial score (nSPS) is 19.4. The van der Waals surface area contributed by atoms with Gasteiger partial charge in [-0.05, 0) is 36.6 Å². The number of likely N-dealkylation sites (tertiary alicyclic amines) is 1. The summed E-state index contributed by atoms with van der Waals surface area (Å²) in [6.45, 7) is 1.62. The van der Waals surface area contributed by atoms with Crippen LogP contribution in [0.5, 0.6) is 0 Å². The van der Waals surface area contributed by atoms with Crippen LogP contribution in [0.2, 0.25) is 0 Å². The van der Waals surface area contributed by atoms with Crippen LogP contribution >= 0.6 is 0 Å². The molecule has 9 nitrogen and oxygen atoms in total. The van der Waals surface area contributed by atoms with E-state index in [4.69, 9.17) is 0 Å². The van der Waals surface area contributed by atoms with Gasteiger partial charge in [0.15, 0.2) is 0 Å². The molecular weight excluding hydrogens is 396 g/mol. The molecule has 31 heavy (non-hydrogen) atoms. The first-order valence-electron chi connectivity index (χ1n) is 10.1. The smallest absolute Gasteiger partial charge is 0.276 e. The lowest BCUT2D eigenvalue weighted by Gasteiger charge is -2.42. The van der Waals surface area contributed by atoms with Crippen molar-refractivity contribution in [3.05, 3.63) is 82.6 Å². The van der Waals surface area contributed by atoms with Crippen molar-refractivity contribution >= 4 is 17.5 Å². The molecule has 0 radical (unpaired) electrons. The third-order valence-corrected chi connectivity index (χ3v) is 5.82. The van der Waals surface area contributed by atoms with Gasteiger partial charge in [0.2, 0.25) is 0 Å². The number of anilines is 1. The first-order chi connectivity index (χ1) is 15.1. The summed E-state index contributed by atoms with van der Waals surface area (Å²) >= 11 is 0. The summed E-state index contributed by atoms with van der Waals surface area (Å²) in [6, 6.07) is 8.80. The minimum absolute atomic E-state index is 0.0672. The van der Waals surface area contributed by atoms with Gasteiger partial charge in [0.25, 0.3) is 17.4 Å². The van der Waals surface area contributed by atoms with E-state index in [2.05, 4.69) is 20.3 Å². The quantitative estimate of drug-likeness (QED) is 0.694. The summed E-state index contributed by atoms with van der Waals surface area (Å²) in [5, 5.41) is 2.64. The molecule has 3 aromatic rings. The third kappa shape index (κ3) is 3.58. The SMILES string of the molecule is O=C(Nc1ccc2n(c1=O)C[C@H]1C[C@@H]2CN(C(=O)c2ccccn2)C1)c1cnccn1. The average Bonchev–Trinajstić information content (AvgIpc) is 2.81. The fraction of sp³-hybridized carbons (Fsp3) is 0.273. The van der Waals surface area contributed by atoms with Crippen LogP contribution in [-0.4, -0.2) is 49.3 Å². The summed E-state index contributed by atoms with van der Waals surface area (Å²) in [5.41, 5.74) is 1.43. The molecule has 156 valence electrons. The molecule has 0 saturated carbocycles. The number of fused-ring (bicyclic) bond motifs is 4. The maximum Gasteiger partial charge on any atom is 0.276 e. The molecule has 2 aliphatic rings. The zero-order chi connectivity index (χ0) is 21.4. The highest BCUT2D eigenvalue weighted by Crippen LogP contribution is 2.35. The highest BCUT2D eigenvalue weighted by Gasteiger charge is 2.37. The van der Waals surface area contributed by atoms with Gasteiger partial charge >= 0.3 is 0 Å². The van der Waals surface area contributed by atoms with Gasteiger partial charge in [0.05, 0.1) is 6.20 Å². The standard InChI is InChI=1S/C22H20N6O3/c29-20(18-10-23-7-8-25-18)26-17-4-5-19-15-9-14(12-28(19)22(17)31)11-27(13-15)21(30)16-3-1-2-6-24-16/h1-8,10,14-15H,9,11-13H2,(H,26,29)/t14-,15+/m0/s1. The van der Waals surface area contributed by atoms with Crippen molar-refractivity contribution in [2.45, 2.75) is 18.9 Å². The van der Waals surface area contributed by atoms with Crippen LogP contribution in [0.25, 0.3) is 0 Å².